The monoisotopic (exact) mass is 470 g/mol. The summed E-state index contributed by atoms with van der Waals surface area (Å²) in [5.41, 5.74) is 5.14. The second kappa shape index (κ2) is 10.3. The van der Waals surface area contributed by atoms with E-state index in [1.54, 1.807) is 24.3 Å². The SMILES string of the molecule is CNCc1ccc(N=C(c2ccccc2)C2C(=O)Nc3cc(C(=O)OC)ccc32)cc1NC(C)=O. The average molecular weight is 471 g/mol. The molecule has 1 aliphatic heterocycles. The van der Waals surface area contributed by atoms with Crippen LogP contribution in [-0.4, -0.2) is 37.7 Å². The fourth-order valence-corrected chi connectivity index (χ4v) is 4.11. The molecule has 0 radical (unpaired) electrons. The van der Waals surface area contributed by atoms with Crippen LogP contribution < -0.4 is 16.0 Å². The number of methoxy groups -OCH3 is 1. The Kier molecular flexibility index (Phi) is 7.03. The number of anilines is 2. The fourth-order valence-electron chi connectivity index (χ4n) is 4.11. The van der Waals surface area contributed by atoms with Crippen LogP contribution in [0.5, 0.6) is 0 Å². The van der Waals surface area contributed by atoms with Crippen LogP contribution in [-0.2, 0) is 20.9 Å². The number of rotatable bonds is 7. The van der Waals surface area contributed by atoms with Gasteiger partial charge < -0.3 is 20.7 Å². The van der Waals surface area contributed by atoms with E-state index in [0.29, 0.717) is 34.9 Å². The third-order valence-electron chi connectivity index (χ3n) is 5.67. The zero-order chi connectivity index (χ0) is 24.9. The summed E-state index contributed by atoms with van der Waals surface area (Å²) in [7, 11) is 3.15. The van der Waals surface area contributed by atoms with Crippen LogP contribution >= 0.6 is 0 Å². The minimum Gasteiger partial charge on any atom is -0.465 e. The first-order chi connectivity index (χ1) is 16.9. The van der Waals surface area contributed by atoms with Crippen LogP contribution in [0.2, 0.25) is 0 Å². The van der Waals surface area contributed by atoms with Gasteiger partial charge in [-0.2, -0.15) is 0 Å². The third-order valence-corrected chi connectivity index (χ3v) is 5.67. The van der Waals surface area contributed by atoms with Gasteiger partial charge in [-0.05, 0) is 48.0 Å². The maximum absolute atomic E-state index is 13.2. The maximum atomic E-state index is 13.2. The third kappa shape index (κ3) is 5.12. The Morgan fingerprint density at radius 3 is 2.49 bits per heavy atom. The van der Waals surface area contributed by atoms with Crippen molar-refractivity contribution in [3.8, 4) is 0 Å². The summed E-state index contributed by atoms with van der Waals surface area (Å²) in [5.74, 6) is -1.58. The van der Waals surface area contributed by atoms with E-state index in [0.717, 1.165) is 16.7 Å². The molecular formula is C27H26N4O4. The highest BCUT2D eigenvalue weighted by Gasteiger charge is 2.36. The van der Waals surface area contributed by atoms with Crippen LogP contribution in [0.3, 0.4) is 0 Å². The molecule has 0 saturated heterocycles. The molecule has 178 valence electrons. The lowest BCUT2D eigenvalue weighted by molar-refractivity contribution is -0.116. The quantitative estimate of drug-likeness (QED) is 0.357. The Morgan fingerprint density at radius 2 is 1.80 bits per heavy atom. The molecule has 1 atom stereocenters. The van der Waals surface area contributed by atoms with Crippen molar-refractivity contribution in [1.29, 1.82) is 0 Å². The standard InChI is InChI=1S/C27H26N4O4/c1-16(32)29-22-14-20(11-9-19(22)15-28-2)30-25(17-7-5-4-6-8-17)24-21-12-10-18(27(34)35-3)13-23(21)31-26(24)33/h4-14,24,28H,15H2,1-3H3,(H,29,32)(H,31,33). The van der Waals surface area contributed by atoms with E-state index in [2.05, 4.69) is 16.0 Å². The molecule has 4 rings (SSSR count). The zero-order valence-electron chi connectivity index (χ0n) is 19.7. The summed E-state index contributed by atoms with van der Waals surface area (Å²) in [5, 5.41) is 8.82. The lowest BCUT2D eigenvalue weighted by Gasteiger charge is -2.15. The Hall–Kier alpha value is -4.30. The van der Waals surface area contributed by atoms with Crippen LogP contribution in [0.25, 0.3) is 0 Å². The number of benzene rings is 3. The number of carbonyl (C=O) groups is 3. The van der Waals surface area contributed by atoms with Gasteiger partial charge in [-0.3, -0.25) is 14.6 Å². The topological polar surface area (TPSA) is 109 Å². The number of ether oxygens (including phenoxy) is 1. The van der Waals surface area contributed by atoms with Gasteiger partial charge in [0.1, 0.15) is 5.92 Å². The predicted molar refractivity (Wildman–Crippen MR) is 135 cm³/mol. The number of fused-ring (bicyclic) bond motifs is 1. The summed E-state index contributed by atoms with van der Waals surface area (Å²) >= 11 is 0. The normalized spacial score (nSPS) is 14.8. The van der Waals surface area contributed by atoms with Crippen LogP contribution in [0.15, 0.2) is 71.7 Å². The number of hydrogen-bond acceptors (Lipinski definition) is 6. The van der Waals surface area contributed by atoms with E-state index < -0.39 is 11.9 Å². The van der Waals surface area contributed by atoms with Crippen LogP contribution in [0.4, 0.5) is 17.1 Å². The number of aliphatic imine (C=N–C) groups is 1. The Morgan fingerprint density at radius 1 is 1.03 bits per heavy atom. The molecule has 3 aromatic carbocycles. The van der Waals surface area contributed by atoms with Crippen molar-refractivity contribution in [3.63, 3.8) is 0 Å². The molecule has 1 aliphatic rings. The van der Waals surface area contributed by atoms with Crippen molar-refractivity contribution in [2.45, 2.75) is 19.4 Å². The van der Waals surface area contributed by atoms with E-state index >= 15 is 0 Å². The van der Waals surface area contributed by atoms with Gasteiger partial charge in [-0.25, -0.2) is 4.79 Å². The molecule has 1 unspecified atom stereocenters. The molecule has 3 aromatic rings. The van der Waals surface area contributed by atoms with Gasteiger partial charge in [-0.15, -0.1) is 0 Å². The van der Waals surface area contributed by atoms with E-state index in [1.807, 2.05) is 49.5 Å². The zero-order valence-corrected chi connectivity index (χ0v) is 19.7. The highest BCUT2D eigenvalue weighted by atomic mass is 16.5. The number of nitrogens with zero attached hydrogens (tertiary/aromatic N) is 1. The minimum absolute atomic E-state index is 0.183. The van der Waals surface area contributed by atoms with E-state index in [9.17, 15) is 14.4 Å². The first kappa shape index (κ1) is 23.8. The average Bonchev–Trinajstić information content (AvgIpc) is 3.18. The van der Waals surface area contributed by atoms with E-state index in [-0.39, 0.29) is 11.8 Å². The first-order valence-electron chi connectivity index (χ1n) is 11.1. The van der Waals surface area contributed by atoms with Gasteiger partial charge in [0.2, 0.25) is 11.8 Å². The van der Waals surface area contributed by atoms with Crippen molar-refractivity contribution in [3.05, 3.63) is 89.0 Å². The summed E-state index contributed by atoms with van der Waals surface area (Å²) in [4.78, 5) is 41.8. The van der Waals surface area contributed by atoms with Crippen molar-refractivity contribution in [2.24, 2.45) is 4.99 Å². The second-order valence-electron chi connectivity index (χ2n) is 8.13. The highest BCUT2D eigenvalue weighted by Crippen LogP contribution is 2.37. The number of carbonyl (C=O) groups excluding carboxylic acids is 3. The van der Waals surface area contributed by atoms with E-state index in [1.165, 1.54) is 14.0 Å². The molecule has 3 N–H and O–H groups in total. The molecule has 0 bridgehead atoms. The molecule has 1 heterocycles. The van der Waals surface area contributed by atoms with Gasteiger partial charge >= 0.3 is 5.97 Å². The lowest BCUT2D eigenvalue weighted by Crippen LogP contribution is -2.22. The molecule has 35 heavy (non-hydrogen) atoms. The molecule has 8 nitrogen and oxygen atoms in total. The minimum atomic E-state index is -0.680. The molecule has 0 aromatic heterocycles. The van der Waals surface area contributed by atoms with Crippen molar-refractivity contribution in [1.82, 2.24) is 5.32 Å². The second-order valence-corrected chi connectivity index (χ2v) is 8.13. The van der Waals surface area contributed by atoms with Crippen molar-refractivity contribution >= 4 is 40.6 Å². The maximum Gasteiger partial charge on any atom is 0.337 e. The molecule has 0 aliphatic carbocycles. The summed E-state index contributed by atoms with van der Waals surface area (Å²) in [6.07, 6.45) is 0. The summed E-state index contributed by atoms with van der Waals surface area (Å²) in [6.45, 7) is 2.03. The Balaban J connectivity index is 1.83. The Labute approximate surface area is 203 Å². The van der Waals surface area contributed by atoms with Crippen molar-refractivity contribution in [2.75, 3.05) is 24.8 Å². The number of hydrogen-bond donors (Lipinski definition) is 3. The van der Waals surface area contributed by atoms with Gasteiger partial charge in [0.15, 0.2) is 0 Å². The molecule has 0 saturated carbocycles. The summed E-state index contributed by atoms with van der Waals surface area (Å²) in [6, 6.07) is 20.0. The van der Waals surface area contributed by atoms with Gasteiger partial charge in [0.25, 0.3) is 0 Å². The molecule has 8 heteroatoms. The molecule has 2 amide bonds. The molecule has 0 spiro atoms. The fraction of sp³-hybridized carbons (Fsp3) is 0.185. The highest BCUT2D eigenvalue weighted by molar-refractivity contribution is 6.24. The predicted octanol–water partition coefficient (Wildman–Crippen LogP) is 4.01. The van der Waals surface area contributed by atoms with E-state index in [4.69, 9.17) is 9.73 Å². The first-order valence-corrected chi connectivity index (χ1v) is 11.1. The van der Waals surface area contributed by atoms with Gasteiger partial charge in [0, 0.05) is 24.8 Å². The number of nitrogens with one attached hydrogen (secondary N) is 3. The number of esters is 1. The Bertz CT molecular complexity index is 1320. The van der Waals surface area contributed by atoms with Crippen LogP contribution in [0.1, 0.15) is 39.9 Å². The van der Waals surface area contributed by atoms with Gasteiger partial charge in [0.05, 0.1) is 24.1 Å². The summed E-state index contributed by atoms with van der Waals surface area (Å²) < 4.78 is 4.80. The lowest BCUT2D eigenvalue weighted by atomic mass is 9.90. The van der Waals surface area contributed by atoms with Crippen molar-refractivity contribution < 1.29 is 19.1 Å². The molecule has 0 fully saturated rings. The molecular weight excluding hydrogens is 444 g/mol. The van der Waals surface area contributed by atoms with Gasteiger partial charge in [-0.1, -0.05) is 42.5 Å². The number of amides is 2. The van der Waals surface area contributed by atoms with Crippen LogP contribution in [0, 0.1) is 0 Å². The smallest absolute Gasteiger partial charge is 0.337 e. The largest absolute Gasteiger partial charge is 0.465 e.